The summed E-state index contributed by atoms with van der Waals surface area (Å²) in [6.45, 7) is 5.96. The summed E-state index contributed by atoms with van der Waals surface area (Å²) in [5.74, 6) is -2.04. The molecule has 1 aliphatic heterocycles. The molecule has 4 atom stereocenters. The third-order valence-corrected chi connectivity index (χ3v) is 7.17. The molecule has 12 nitrogen and oxygen atoms in total. The first-order valence-corrected chi connectivity index (χ1v) is 13.9. The van der Waals surface area contributed by atoms with Crippen molar-refractivity contribution in [2.45, 2.75) is 58.5 Å². The summed E-state index contributed by atoms with van der Waals surface area (Å²) < 4.78 is 20.1. The molecule has 0 bridgehead atoms. The Balaban J connectivity index is 2.32. The molecule has 0 spiro atoms. The van der Waals surface area contributed by atoms with Crippen LogP contribution < -0.4 is 16.8 Å². The van der Waals surface area contributed by atoms with Crippen LogP contribution in [0.1, 0.15) is 39.2 Å². The zero-order valence-corrected chi connectivity index (χ0v) is 24.2. The average molecular weight is 581 g/mol. The number of aliphatic hydroxyl groups is 1. The van der Waals surface area contributed by atoms with Crippen molar-refractivity contribution >= 4 is 23.8 Å². The second-order valence-corrected chi connectivity index (χ2v) is 11.0. The summed E-state index contributed by atoms with van der Waals surface area (Å²) in [4.78, 5) is 44.2. The zero-order chi connectivity index (χ0) is 30.6. The highest BCUT2D eigenvalue weighted by molar-refractivity contribution is 5.92. The number of halogens is 1. The molecule has 7 N–H and O–H groups in total. The Morgan fingerprint density at radius 3 is 2.46 bits per heavy atom. The van der Waals surface area contributed by atoms with Crippen molar-refractivity contribution in [1.82, 2.24) is 15.1 Å². The van der Waals surface area contributed by atoms with Gasteiger partial charge in [0.25, 0.3) is 5.91 Å². The Bertz CT molecular complexity index is 1020. The van der Waals surface area contributed by atoms with E-state index in [2.05, 4.69) is 10.3 Å². The molecule has 1 aromatic rings. The molecule has 41 heavy (non-hydrogen) atoms. The van der Waals surface area contributed by atoms with Crippen molar-refractivity contribution in [3.8, 4) is 0 Å². The summed E-state index contributed by atoms with van der Waals surface area (Å²) >= 11 is 0. The number of nitrogens with one attached hydrogen (secondary N) is 1. The van der Waals surface area contributed by atoms with Crippen molar-refractivity contribution in [3.63, 3.8) is 0 Å². The Kier molecular flexibility index (Phi) is 13.4. The van der Waals surface area contributed by atoms with Gasteiger partial charge in [0.1, 0.15) is 18.1 Å². The lowest BCUT2D eigenvalue weighted by Crippen LogP contribution is -2.59. The molecule has 0 radical (unpaired) electrons. The maximum absolute atomic E-state index is 14.7. The van der Waals surface area contributed by atoms with Crippen LogP contribution in [0.3, 0.4) is 0 Å². The fourth-order valence-corrected chi connectivity index (χ4v) is 4.84. The number of amides is 2. The number of amidine groups is 1. The molecule has 1 aromatic carbocycles. The van der Waals surface area contributed by atoms with Gasteiger partial charge in [-0.3, -0.25) is 14.6 Å². The number of aliphatic carboxylic acids is 1. The highest BCUT2D eigenvalue weighted by Gasteiger charge is 2.43. The van der Waals surface area contributed by atoms with E-state index in [4.69, 9.17) is 21.3 Å². The predicted molar refractivity (Wildman–Crippen MR) is 153 cm³/mol. The zero-order valence-electron chi connectivity index (χ0n) is 24.2. The van der Waals surface area contributed by atoms with Crippen LogP contribution in [0.25, 0.3) is 0 Å². The third kappa shape index (κ3) is 10.6. The van der Waals surface area contributed by atoms with Crippen molar-refractivity contribution in [2.75, 3.05) is 45.9 Å². The topological polar surface area (TPSA) is 184 Å². The minimum absolute atomic E-state index is 0.00675. The summed E-state index contributed by atoms with van der Waals surface area (Å²) in [5, 5.41) is 22.2. The first-order valence-electron chi connectivity index (χ1n) is 13.9. The maximum atomic E-state index is 14.7. The number of ether oxygens (including phenoxy) is 1. The number of nitrogens with two attached hydrogens (primary N) is 2. The van der Waals surface area contributed by atoms with Crippen LogP contribution in [0.2, 0.25) is 0 Å². The van der Waals surface area contributed by atoms with E-state index in [0.717, 1.165) is 5.56 Å². The second kappa shape index (κ2) is 16.2. The van der Waals surface area contributed by atoms with E-state index >= 15 is 0 Å². The number of hydrogen-bond donors (Lipinski definition) is 5. The van der Waals surface area contributed by atoms with E-state index in [-0.39, 0.29) is 64.6 Å². The van der Waals surface area contributed by atoms with Crippen LogP contribution in [-0.4, -0.2) is 108 Å². The molecule has 0 aromatic heterocycles. The molecule has 1 saturated heterocycles. The summed E-state index contributed by atoms with van der Waals surface area (Å²) in [5.41, 5.74) is 12.2. The minimum atomic E-state index is -1.36. The molecule has 230 valence electrons. The third-order valence-electron chi connectivity index (χ3n) is 7.17. The van der Waals surface area contributed by atoms with Crippen LogP contribution in [0, 0.1) is 11.3 Å². The van der Waals surface area contributed by atoms with E-state index in [1.165, 1.54) is 16.7 Å². The van der Waals surface area contributed by atoms with Crippen LogP contribution in [0.4, 0.5) is 9.18 Å². The average Bonchev–Trinajstić information content (AvgIpc) is 3.33. The number of carbonyl (C=O) groups excluding carboxylic acids is 2. The normalized spacial score (nSPS) is 18.9. The molecule has 2 amide bonds. The number of rotatable bonds is 16. The molecule has 0 saturated carbocycles. The quantitative estimate of drug-likeness (QED) is 0.140. The Hall–Kier alpha value is -3.29. The Morgan fingerprint density at radius 2 is 1.90 bits per heavy atom. The van der Waals surface area contributed by atoms with Crippen molar-refractivity contribution in [3.05, 3.63) is 35.9 Å². The van der Waals surface area contributed by atoms with Gasteiger partial charge in [-0.2, -0.15) is 0 Å². The van der Waals surface area contributed by atoms with Crippen LogP contribution in [0.15, 0.2) is 35.3 Å². The number of aliphatic hydroxyl groups excluding tert-OH is 1. The lowest BCUT2D eigenvalue weighted by Gasteiger charge is -2.43. The molecule has 1 heterocycles. The van der Waals surface area contributed by atoms with Crippen molar-refractivity contribution < 1.29 is 33.7 Å². The monoisotopic (exact) mass is 580 g/mol. The number of alkyl halides is 1. The van der Waals surface area contributed by atoms with E-state index in [1.54, 1.807) is 0 Å². The van der Waals surface area contributed by atoms with Gasteiger partial charge in [-0.25, -0.2) is 9.18 Å². The molecule has 0 aliphatic carbocycles. The standard InChI is InChI=1S/C28H45FN6O6/c1-19(36)26(39)35(18-21-16-32-17-22(21)29)24(25(31)33-15-20-7-5-4-6-8-20)28(2,3)10-14-41-27(40)34(13-11-30)12-9-23(37)38/h4-8,19,21-22,24,32,36H,9-18,30H2,1-3H3,(H2,31,33)(H,37,38). The first-order chi connectivity index (χ1) is 19.4. The van der Waals surface area contributed by atoms with E-state index in [9.17, 15) is 23.9 Å². The lowest BCUT2D eigenvalue weighted by molar-refractivity contribution is -0.143. The molecule has 13 heteroatoms. The largest absolute Gasteiger partial charge is 0.481 e. The molecule has 1 fully saturated rings. The van der Waals surface area contributed by atoms with Crippen LogP contribution in [-0.2, 0) is 20.9 Å². The number of nitrogens with zero attached hydrogens (tertiary/aromatic N) is 3. The van der Waals surface area contributed by atoms with E-state index in [0.29, 0.717) is 6.54 Å². The van der Waals surface area contributed by atoms with Gasteiger partial charge in [0.05, 0.1) is 25.6 Å². The minimum Gasteiger partial charge on any atom is -0.481 e. The van der Waals surface area contributed by atoms with Gasteiger partial charge < -0.3 is 41.5 Å². The second-order valence-electron chi connectivity index (χ2n) is 11.0. The summed E-state index contributed by atoms with van der Waals surface area (Å²) in [6, 6.07) is 8.56. The maximum Gasteiger partial charge on any atom is 0.409 e. The number of carboxylic acids is 1. The summed E-state index contributed by atoms with van der Waals surface area (Å²) in [7, 11) is 0. The van der Waals surface area contributed by atoms with Crippen molar-refractivity contribution in [2.24, 2.45) is 27.8 Å². The highest BCUT2D eigenvalue weighted by Crippen LogP contribution is 2.32. The number of carbonyl (C=O) groups is 3. The first kappa shape index (κ1) is 33.9. The smallest absolute Gasteiger partial charge is 0.409 e. The van der Waals surface area contributed by atoms with Gasteiger partial charge >= 0.3 is 12.1 Å². The molecule has 2 rings (SSSR count). The van der Waals surface area contributed by atoms with Gasteiger partial charge in [0.2, 0.25) is 0 Å². The van der Waals surface area contributed by atoms with Gasteiger partial charge in [-0.15, -0.1) is 0 Å². The number of carboxylic acid groups (broad SMARTS) is 1. The number of hydrogen-bond acceptors (Lipinski definition) is 8. The van der Waals surface area contributed by atoms with E-state index < -0.39 is 47.6 Å². The van der Waals surface area contributed by atoms with Gasteiger partial charge in [-0.1, -0.05) is 44.2 Å². The Morgan fingerprint density at radius 1 is 1.22 bits per heavy atom. The summed E-state index contributed by atoms with van der Waals surface area (Å²) in [6.07, 6.45) is -3.26. The fraction of sp³-hybridized carbons (Fsp3) is 0.643. The predicted octanol–water partition coefficient (Wildman–Crippen LogP) is 0.968. The van der Waals surface area contributed by atoms with Crippen LogP contribution in [0.5, 0.6) is 0 Å². The number of aliphatic imine (C=N–C) groups is 1. The molecular formula is C28H45FN6O6. The van der Waals surface area contributed by atoms with Gasteiger partial charge in [-0.05, 0) is 24.3 Å². The van der Waals surface area contributed by atoms with Gasteiger partial charge in [0, 0.05) is 45.2 Å². The van der Waals surface area contributed by atoms with Crippen LogP contribution >= 0.6 is 0 Å². The fourth-order valence-electron chi connectivity index (χ4n) is 4.84. The Labute approximate surface area is 240 Å². The van der Waals surface area contributed by atoms with Gasteiger partial charge in [0.15, 0.2) is 0 Å². The van der Waals surface area contributed by atoms with Crippen molar-refractivity contribution in [1.29, 1.82) is 0 Å². The SMILES string of the molecule is CC(O)C(=O)N(CC1CNCC1F)C(C(N)=NCc1ccccc1)C(C)(C)CCOC(=O)N(CCN)CCC(=O)O. The number of benzene rings is 1. The highest BCUT2D eigenvalue weighted by atomic mass is 19.1. The van der Waals surface area contributed by atoms with E-state index in [1.807, 2.05) is 44.2 Å². The molecular weight excluding hydrogens is 535 g/mol. The lowest BCUT2D eigenvalue weighted by atomic mass is 9.79. The molecule has 1 aliphatic rings. The molecule has 4 unspecified atom stereocenters.